The summed E-state index contributed by atoms with van der Waals surface area (Å²) in [5.74, 6) is -0.192. The first-order valence-corrected chi connectivity index (χ1v) is 7.52. The SMILES string of the molecule is CCNC(C)c1cc(F)ccc1N(CC)c1ccccc1. The third-order valence-corrected chi connectivity index (χ3v) is 3.64. The molecule has 1 N–H and O–H groups in total. The van der Waals surface area contributed by atoms with Crippen LogP contribution in [0.5, 0.6) is 0 Å². The molecule has 0 amide bonds. The van der Waals surface area contributed by atoms with Crippen molar-refractivity contribution in [3.63, 3.8) is 0 Å². The van der Waals surface area contributed by atoms with Crippen molar-refractivity contribution in [1.82, 2.24) is 5.32 Å². The van der Waals surface area contributed by atoms with Crippen LogP contribution < -0.4 is 10.2 Å². The minimum atomic E-state index is -0.192. The minimum Gasteiger partial charge on any atom is -0.341 e. The van der Waals surface area contributed by atoms with Gasteiger partial charge >= 0.3 is 0 Å². The molecule has 0 aliphatic heterocycles. The van der Waals surface area contributed by atoms with Gasteiger partial charge in [0.15, 0.2) is 0 Å². The summed E-state index contributed by atoms with van der Waals surface area (Å²) in [5.41, 5.74) is 3.16. The van der Waals surface area contributed by atoms with Gasteiger partial charge < -0.3 is 10.2 Å². The maximum absolute atomic E-state index is 13.7. The van der Waals surface area contributed by atoms with E-state index in [0.29, 0.717) is 0 Å². The standard InChI is InChI=1S/C18H23FN2/c1-4-20-14(3)17-13-15(19)11-12-18(17)21(5-2)16-9-7-6-8-10-16/h6-14,20H,4-5H2,1-3H3. The lowest BCUT2D eigenvalue weighted by molar-refractivity contribution is 0.582. The Morgan fingerprint density at radius 3 is 2.43 bits per heavy atom. The summed E-state index contributed by atoms with van der Waals surface area (Å²) >= 11 is 0. The average Bonchev–Trinajstić information content (AvgIpc) is 2.50. The first-order valence-electron chi connectivity index (χ1n) is 7.52. The van der Waals surface area contributed by atoms with Gasteiger partial charge in [0.2, 0.25) is 0 Å². The van der Waals surface area contributed by atoms with Crippen molar-refractivity contribution in [2.24, 2.45) is 0 Å². The number of nitrogens with zero attached hydrogens (tertiary/aromatic N) is 1. The molecule has 2 rings (SSSR count). The summed E-state index contributed by atoms with van der Waals surface area (Å²) in [6, 6.07) is 15.3. The molecule has 112 valence electrons. The van der Waals surface area contributed by atoms with E-state index in [0.717, 1.165) is 30.0 Å². The molecule has 21 heavy (non-hydrogen) atoms. The van der Waals surface area contributed by atoms with Crippen LogP contribution in [0.4, 0.5) is 15.8 Å². The van der Waals surface area contributed by atoms with Crippen molar-refractivity contribution < 1.29 is 4.39 Å². The number of nitrogens with one attached hydrogen (secondary N) is 1. The highest BCUT2D eigenvalue weighted by atomic mass is 19.1. The van der Waals surface area contributed by atoms with Crippen LogP contribution in [0.2, 0.25) is 0 Å². The molecule has 0 heterocycles. The van der Waals surface area contributed by atoms with Gasteiger partial charge in [0.05, 0.1) is 0 Å². The van der Waals surface area contributed by atoms with Crippen molar-refractivity contribution in [1.29, 1.82) is 0 Å². The van der Waals surface area contributed by atoms with Gasteiger partial charge in [-0.15, -0.1) is 0 Å². The van der Waals surface area contributed by atoms with Gasteiger partial charge in [0.25, 0.3) is 0 Å². The second-order valence-corrected chi connectivity index (χ2v) is 5.06. The van der Waals surface area contributed by atoms with Crippen LogP contribution in [0.3, 0.4) is 0 Å². The van der Waals surface area contributed by atoms with E-state index < -0.39 is 0 Å². The number of hydrogen-bond donors (Lipinski definition) is 1. The summed E-state index contributed by atoms with van der Waals surface area (Å²) in [5, 5.41) is 3.37. The first kappa shape index (κ1) is 15.5. The van der Waals surface area contributed by atoms with E-state index in [1.54, 1.807) is 6.07 Å². The second kappa shape index (κ2) is 7.23. The fourth-order valence-electron chi connectivity index (χ4n) is 2.63. The van der Waals surface area contributed by atoms with Gasteiger partial charge in [-0.25, -0.2) is 4.39 Å². The summed E-state index contributed by atoms with van der Waals surface area (Å²) in [6.07, 6.45) is 0. The molecule has 3 heteroatoms. The van der Waals surface area contributed by atoms with Gasteiger partial charge in [-0.1, -0.05) is 25.1 Å². The van der Waals surface area contributed by atoms with Crippen LogP contribution >= 0.6 is 0 Å². The molecule has 1 unspecified atom stereocenters. The van der Waals surface area contributed by atoms with Crippen molar-refractivity contribution in [3.8, 4) is 0 Å². The van der Waals surface area contributed by atoms with Crippen LogP contribution in [0.1, 0.15) is 32.4 Å². The third kappa shape index (κ3) is 3.61. The Morgan fingerprint density at radius 1 is 1.10 bits per heavy atom. The van der Waals surface area contributed by atoms with Gasteiger partial charge in [0.1, 0.15) is 5.82 Å². The average molecular weight is 286 g/mol. The van der Waals surface area contributed by atoms with Crippen LogP contribution in [0.15, 0.2) is 48.5 Å². The fraction of sp³-hybridized carbons (Fsp3) is 0.333. The summed E-state index contributed by atoms with van der Waals surface area (Å²) in [6.45, 7) is 7.93. The lowest BCUT2D eigenvalue weighted by atomic mass is 10.0. The third-order valence-electron chi connectivity index (χ3n) is 3.64. The van der Waals surface area contributed by atoms with E-state index in [4.69, 9.17) is 0 Å². The molecule has 0 spiro atoms. The Morgan fingerprint density at radius 2 is 1.81 bits per heavy atom. The van der Waals surface area contributed by atoms with E-state index in [2.05, 4.69) is 43.1 Å². The molecule has 0 aliphatic rings. The summed E-state index contributed by atoms with van der Waals surface area (Å²) in [7, 11) is 0. The van der Waals surface area contributed by atoms with Crippen LogP contribution in [0.25, 0.3) is 0 Å². The molecule has 0 radical (unpaired) electrons. The Labute approximate surface area is 126 Å². The molecular formula is C18H23FN2. The quantitative estimate of drug-likeness (QED) is 0.831. The van der Waals surface area contributed by atoms with Gasteiger partial charge in [-0.2, -0.15) is 0 Å². The molecule has 2 nitrogen and oxygen atoms in total. The van der Waals surface area contributed by atoms with E-state index in [-0.39, 0.29) is 11.9 Å². The largest absolute Gasteiger partial charge is 0.341 e. The number of anilines is 2. The lowest BCUT2D eigenvalue weighted by Gasteiger charge is -2.28. The van der Waals surface area contributed by atoms with Crippen LogP contribution in [-0.4, -0.2) is 13.1 Å². The second-order valence-electron chi connectivity index (χ2n) is 5.06. The predicted octanol–water partition coefficient (Wildman–Crippen LogP) is 4.65. The molecular weight excluding hydrogens is 263 g/mol. The van der Waals surface area contributed by atoms with E-state index in [1.165, 1.54) is 6.07 Å². The molecule has 1 atom stereocenters. The molecule has 2 aromatic rings. The smallest absolute Gasteiger partial charge is 0.123 e. The van der Waals surface area contributed by atoms with Crippen molar-refractivity contribution in [2.75, 3.05) is 18.0 Å². The summed E-state index contributed by atoms with van der Waals surface area (Å²) in [4.78, 5) is 2.21. The van der Waals surface area contributed by atoms with Crippen LogP contribution in [0, 0.1) is 5.82 Å². The van der Waals surface area contributed by atoms with Crippen molar-refractivity contribution in [3.05, 3.63) is 59.9 Å². The normalized spacial score (nSPS) is 12.2. The number of halogens is 1. The number of rotatable bonds is 6. The molecule has 0 fully saturated rings. The zero-order chi connectivity index (χ0) is 15.2. The molecule has 0 bridgehead atoms. The van der Waals surface area contributed by atoms with Crippen molar-refractivity contribution in [2.45, 2.75) is 26.8 Å². The van der Waals surface area contributed by atoms with E-state index >= 15 is 0 Å². The highest BCUT2D eigenvalue weighted by Crippen LogP contribution is 2.32. The van der Waals surface area contributed by atoms with Gasteiger partial charge in [0, 0.05) is 24.0 Å². The molecule has 0 aromatic heterocycles. The molecule has 2 aromatic carbocycles. The van der Waals surface area contributed by atoms with Gasteiger partial charge in [-0.05, 0) is 56.3 Å². The maximum atomic E-state index is 13.7. The highest BCUT2D eigenvalue weighted by molar-refractivity contribution is 5.67. The Balaban J connectivity index is 2.46. The zero-order valence-corrected chi connectivity index (χ0v) is 12.9. The van der Waals surface area contributed by atoms with E-state index in [1.807, 2.05) is 24.3 Å². The number of para-hydroxylation sites is 1. The lowest BCUT2D eigenvalue weighted by Crippen LogP contribution is -2.23. The fourth-order valence-corrected chi connectivity index (χ4v) is 2.63. The zero-order valence-electron chi connectivity index (χ0n) is 12.9. The van der Waals surface area contributed by atoms with Crippen LogP contribution in [-0.2, 0) is 0 Å². The first-order chi connectivity index (χ1) is 10.2. The minimum absolute atomic E-state index is 0.110. The van der Waals surface area contributed by atoms with E-state index in [9.17, 15) is 4.39 Å². The molecule has 0 saturated carbocycles. The van der Waals surface area contributed by atoms with Gasteiger partial charge in [-0.3, -0.25) is 0 Å². The molecule has 0 aliphatic carbocycles. The monoisotopic (exact) mass is 286 g/mol. The maximum Gasteiger partial charge on any atom is 0.123 e. The summed E-state index contributed by atoms with van der Waals surface area (Å²) < 4.78 is 13.7. The Bertz CT molecular complexity index is 569. The van der Waals surface area contributed by atoms with Crippen molar-refractivity contribution >= 4 is 11.4 Å². The Hall–Kier alpha value is -1.87. The number of hydrogen-bond acceptors (Lipinski definition) is 2. The predicted molar refractivity (Wildman–Crippen MR) is 87.6 cm³/mol. The topological polar surface area (TPSA) is 15.3 Å². The number of benzene rings is 2. The highest BCUT2D eigenvalue weighted by Gasteiger charge is 2.16. The molecule has 0 saturated heterocycles. The Kier molecular flexibility index (Phi) is 5.34.